The van der Waals surface area contributed by atoms with Crippen LogP contribution in [-0.2, 0) is 9.53 Å². The Hall–Kier alpha value is -0.610. The number of hydrogen-bond acceptors (Lipinski definition) is 3. The van der Waals surface area contributed by atoms with E-state index < -0.39 is 11.4 Å². The third kappa shape index (κ3) is 3.47. The number of carbonyl (C=O) groups is 1. The molecule has 1 aliphatic heterocycles. The molecule has 0 atom stereocenters. The second kappa shape index (κ2) is 6.08. The molecule has 1 saturated heterocycles. The number of carboxylic acids is 1. The number of ether oxygens (including phenoxy) is 1. The lowest BCUT2D eigenvalue weighted by atomic mass is 9.75. The predicted molar refractivity (Wildman–Crippen MR) is 57.9 cm³/mol. The lowest BCUT2D eigenvalue weighted by molar-refractivity contribution is -0.151. The Morgan fingerprint density at radius 3 is 2.60 bits per heavy atom. The van der Waals surface area contributed by atoms with E-state index in [2.05, 4.69) is 5.32 Å². The summed E-state index contributed by atoms with van der Waals surface area (Å²) in [5.41, 5.74) is -0.473. The Labute approximate surface area is 91.0 Å². The highest BCUT2D eigenvalue weighted by molar-refractivity contribution is 5.74. The number of nitrogens with one attached hydrogen (secondary N) is 1. The molecule has 0 radical (unpaired) electrons. The van der Waals surface area contributed by atoms with E-state index in [1.807, 2.05) is 0 Å². The molecule has 0 unspecified atom stereocenters. The van der Waals surface area contributed by atoms with Gasteiger partial charge in [0.1, 0.15) is 0 Å². The van der Waals surface area contributed by atoms with Crippen molar-refractivity contribution in [3.8, 4) is 0 Å². The van der Waals surface area contributed by atoms with E-state index in [-0.39, 0.29) is 0 Å². The van der Waals surface area contributed by atoms with Crippen molar-refractivity contribution < 1.29 is 14.6 Å². The van der Waals surface area contributed by atoms with Crippen molar-refractivity contribution in [3.05, 3.63) is 0 Å². The fourth-order valence-corrected chi connectivity index (χ4v) is 2.19. The highest BCUT2D eigenvalue weighted by atomic mass is 16.5. The standard InChI is InChI=1S/C11H21NO3/c1-15-9-3-2-4-11(10(13)14)5-7-12-8-6-11/h12H,2-9H2,1H3,(H,13,14). The van der Waals surface area contributed by atoms with E-state index in [1.165, 1.54) is 0 Å². The molecule has 4 nitrogen and oxygen atoms in total. The number of hydrogen-bond donors (Lipinski definition) is 2. The zero-order valence-electron chi connectivity index (χ0n) is 9.42. The van der Waals surface area contributed by atoms with E-state index in [0.29, 0.717) is 0 Å². The maximum absolute atomic E-state index is 11.3. The van der Waals surface area contributed by atoms with Crippen molar-refractivity contribution in [3.63, 3.8) is 0 Å². The molecule has 2 N–H and O–H groups in total. The molecule has 15 heavy (non-hydrogen) atoms. The molecule has 0 aromatic carbocycles. The first-order valence-corrected chi connectivity index (χ1v) is 5.64. The first-order valence-electron chi connectivity index (χ1n) is 5.64. The van der Waals surface area contributed by atoms with Crippen molar-refractivity contribution in [1.29, 1.82) is 0 Å². The average molecular weight is 215 g/mol. The first kappa shape index (κ1) is 12.5. The molecule has 0 bridgehead atoms. The maximum Gasteiger partial charge on any atom is 0.309 e. The molecule has 0 spiro atoms. The molecule has 0 aliphatic carbocycles. The summed E-state index contributed by atoms with van der Waals surface area (Å²) in [6.45, 7) is 2.39. The second-order valence-electron chi connectivity index (χ2n) is 4.29. The SMILES string of the molecule is COCCCCC1(C(=O)O)CCNCC1. The van der Waals surface area contributed by atoms with Crippen LogP contribution < -0.4 is 5.32 Å². The molecule has 0 amide bonds. The summed E-state index contributed by atoms with van der Waals surface area (Å²) < 4.78 is 4.96. The van der Waals surface area contributed by atoms with Gasteiger partial charge >= 0.3 is 5.97 Å². The highest BCUT2D eigenvalue weighted by Gasteiger charge is 2.38. The Kier molecular flexibility index (Phi) is 5.05. The van der Waals surface area contributed by atoms with E-state index in [1.54, 1.807) is 7.11 Å². The fraction of sp³-hybridized carbons (Fsp3) is 0.909. The van der Waals surface area contributed by atoms with E-state index >= 15 is 0 Å². The van der Waals surface area contributed by atoms with Gasteiger partial charge in [-0.1, -0.05) is 6.42 Å². The summed E-state index contributed by atoms with van der Waals surface area (Å²) in [6.07, 6.45) is 4.21. The van der Waals surface area contributed by atoms with Gasteiger partial charge in [0.25, 0.3) is 0 Å². The minimum absolute atomic E-state index is 0.473. The second-order valence-corrected chi connectivity index (χ2v) is 4.29. The minimum atomic E-state index is -0.624. The number of unbranched alkanes of at least 4 members (excludes halogenated alkanes) is 1. The van der Waals surface area contributed by atoms with Gasteiger partial charge in [-0.15, -0.1) is 0 Å². The fourth-order valence-electron chi connectivity index (χ4n) is 2.19. The van der Waals surface area contributed by atoms with Gasteiger partial charge in [-0.25, -0.2) is 0 Å². The van der Waals surface area contributed by atoms with Crippen LogP contribution in [0.1, 0.15) is 32.1 Å². The maximum atomic E-state index is 11.3. The van der Waals surface area contributed by atoms with E-state index in [9.17, 15) is 9.90 Å². The Bertz CT molecular complexity index is 200. The number of rotatable bonds is 6. The summed E-state index contributed by atoms with van der Waals surface area (Å²) >= 11 is 0. The van der Waals surface area contributed by atoms with Crippen LogP contribution in [0.25, 0.3) is 0 Å². The molecule has 1 rings (SSSR count). The van der Waals surface area contributed by atoms with Gasteiger partial charge in [0, 0.05) is 13.7 Å². The van der Waals surface area contributed by atoms with Crippen LogP contribution in [0.2, 0.25) is 0 Å². The number of piperidine rings is 1. The van der Waals surface area contributed by atoms with Crippen LogP contribution >= 0.6 is 0 Å². The zero-order chi connectivity index (χ0) is 11.1. The Morgan fingerprint density at radius 1 is 1.40 bits per heavy atom. The molecular formula is C11H21NO3. The Morgan fingerprint density at radius 2 is 2.07 bits per heavy atom. The van der Waals surface area contributed by atoms with Crippen LogP contribution in [0.5, 0.6) is 0 Å². The molecule has 1 heterocycles. The number of aliphatic carboxylic acids is 1. The topological polar surface area (TPSA) is 58.6 Å². The summed E-state index contributed by atoms with van der Waals surface area (Å²) in [5.74, 6) is -0.624. The van der Waals surface area contributed by atoms with Gasteiger partial charge in [0.2, 0.25) is 0 Å². The van der Waals surface area contributed by atoms with Crippen LogP contribution in [0.15, 0.2) is 0 Å². The van der Waals surface area contributed by atoms with Gasteiger partial charge in [-0.05, 0) is 38.8 Å². The minimum Gasteiger partial charge on any atom is -0.481 e. The number of methoxy groups -OCH3 is 1. The highest BCUT2D eigenvalue weighted by Crippen LogP contribution is 2.34. The Balaban J connectivity index is 2.39. The summed E-state index contributed by atoms with van der Waals surface area (Å²) in [5, 5.41) is 12.5. The van der Waals surface area contributed by atoms with Crippen LogP contribution in [-0.4, -0.2) is 37.9 Å². The predicted octanol–water partition coefficient (Wildman–Crippen LogP) is 1.26. The summed E-state index contributed by atoms with van der Waals surface area (Å²) in [6, 6.07) is 0. The smallest absolute Gasteiger partial charge is 0.309 e. The molecule has 0 aromatic heterocycles. The quantitative estimate of drug-likeness (QED) is 0.655. The number of carboxylic acid groups (broad SMARTS) is 1. The van der Waals surface area contributed by atoms with Crippen molar-refractivity contribution in [2.45, 2.75) is 32.1 Å². The molecular weight excluding hydrogens is 194 g/mol. The van der Waals surface area contributed by atoms with Gasteiger partial charge in [0.05, 0.1) is 5.41 Å². The van der Waals surface area contributed by atoms with E-state index in [0.717, 1.165) is 51.8 Å². The third-order valence-corrected chi connectivity index (χ3v) is 3.27. The molecule has 1 aliphatic rings. The molecule has 0 saturated carbocycles. The third-order valence-electron chi connectivity index (χ3n) is 3.27. The van der Waals surface area contributed by atoms with Gasteiger partial charge < -0.3 is 15.2 Å². The van der Waals surface area contributed by atoms with Gasteiger partial charge in [-0.2, -0.15) is 0 Å². The largest absolute Gasteiger partial charge is 0.481 e. The lowest BCUT2D eigenvalue weighted by Crippen LogP contribution is -2.42. The first-order chi connectivity index (χ1) is 7.21. The lowest BCUT2D eigenvalue weighted by Gasteiger charge is -2.33. The van der Waals surface area contributed by atoms with Gasteiger partial charge in [-0.3, -0.25) is 4.79 Å². The van der Waals surface area contributed by atoms with Crippen LogP contribution in [0.3, 0.4) is 0 Å². The molecule has 88 valence electrons. The van der Waals surface area contributed by atoms with Crippen LogP contribution in [0, 0.1) is 5.41 Å². The molecule has 1 fully saturated rings. The van der Waals surface area contributed by atoms with Crippen molar-refractivity contribution >= 4 is 5.97 Å². The summed E-state index contributed by atoms with van der Waals surface area (Å²) in [7, 11) is 1.68. The van der Waals surface area contributed by atoms with Crippen molar-refractivity contribution in [1.82, 2.24) is 5.32 Å². The van der Waals surface area contributed by atoms with Gasteiger partial charge in [0.15, 0.2) is 0 Å². The molecule has 4 heteroatoms. The van der Waals surface area contributed by atoms with Crippen molar-refractivity contribution in [2.24, 2.45) is 5.41 Å². The monoisotopic (exact) mass is 215 g/mol. The summed E-state index contributed by atoms with van der Waals surface area (Å²) in [4.78, 5) is 11.3. The zero-order valence-corrected chi connectivity index (χ0v) is 9.42. The average Bonchev–Trinajstić information content (AvgIpc) is 2.26. The normalized spacial score (nSPS) is 20.1. The molecule has 0 aromatic rings. The van der Waals surface area contributed by atoms with Crippen LogP contribution in [0.4, 0.5) is 0 Å². The van der Waals surface area contributed by atoms with E-state index in [4.69, 9.17) is 4.74 Å². The van der Waals surface area contributed by atoms with Crippen molar-refractivity contribution in [2.75, 3.05) is 26.8 Å².